The Bertz CT molecular complexity index is 564. The topological polar surface area (TPSA) is 34.1 Å². The van der Waals surface area contributed by atoms with E-state index in [4.69, 9.17) is 4.74 Å². The first kappa shape index (κ1) is 14.1. The van der Waals surface area contributed by atoms with Crippen molar-refractivity contribution in [1.29, 1.82) is 0 Å². The van der Waals surface area contributed by atoms with E-state index in [1.807, 2.05) is 30.6 Å². The molecule has 2 aromatic rings. The van der Waals surface area contributed by atoms with Crippen LogP contribution in [0.25, 0.3) is 0 Å². The molecule has 0 radical (unpaired) electrons. The van der Waals surface area contributed by atoms with Gasteiger partial charge in [-0.05, 0) is 55.0 Å². The van der Waals surface area contributed by atoms with Crippen LogP contribution in [0.2, 0.25) is 0 Å². The first-order valence-corrected chi connectivity index (χ1v) is 7.58. The lowest BCUT2D eigenvalue weighted by atomic mass is 10.00. The first-order valence-electron chi connectivity index (χ1n) is 7.58. The lowest BCUT2D eigenvalue weighted by Gasteiger charge is -2.24. The van der Waals surface area contributed by atoms with Crippen molar-refractivity contribution in [1.82, 2.24) is 10.3 Å². The zero-order valence-electron chi connectivity index (χ0n) is 12.6. The summed E-state index contributed by atoms with van der Waals surface area (Å²) >= 11 is 0. The predicted molar refractivity (Wildman–Crippen MR) is 84.2 cm³/mol. The monoisotopic (exact) mass is 282 g/mol. The summed E-state index contributed by atoms with van der Waals surface area (Å²) in [5, 5.41) is 3.77. The van der Waals surface area contributed by atoms with Gasteiger partial charge in [0.25, 0.3) is 0 Å². The van der Waals surface area contributed by atoms with E-state index in [-0.39, 0.29) is 0 Å². The highest BCUT2D eigenvalue weighted by atomic mass is 16.5. The Morgan fingerprint density at radius 1 is 1.14 bits per heavy atom. The standard InChI is InChI=1S/C18H22N2O/c1-13(16-4-3-11-19-12-16)20-18(14-5-6-14)15-7-9-17(21-2)10-8-15/h3-4,7-14,18,20H,5-6H2,1-2H3. The maximum atomic E-state index is 5.25. The fraction of sp³-hybridized carbons (Fsp3) is 0.389. The number of hydrogen-bond donors (Lipinski definition) is 1. The molecular weight excluding hydrogens is 260 g/mol. The molecule has 3 heteroatoms. The molecule has 1 aromatic heterocycles. The number of hydrogen-bond acceptors (Lipinski definition) is 3. The van der Waals surface area contributed by atoms with Crippen molar-refractivity contribution >= 4 is 0 Å². The van der Waals surface area contributed by atoms with Gasteiger partial charge in [-0.3, -0.25) is 4.98 Å². The van der Waals surface area contributed by atoms with Crippen molar-refractivity contribution in [2.45, 2.75) is 31.8 Å². The molecule has 0 saturated heterocycles. The molecule has 2 unspecified atom stereocenters. The van der Waals surface area contributed by atoms with Gasteiger partial charge in [0.15, 0.2) is 0 Å². The average Bonchev–Trinajstić information content (AvgIpc) is 3.38. The molecule has 21 heavy (non-hydrogen) atoms. The van der Waals surface area contributed by atoms with Gasteiger partial charge in [-0.15, -0.1) is 0 Å². The molecule has 0 bridgehead atoms. The van der Waals surface area contributed by atoms with Gasteiger partial charge < -0.3 is 10.1 Å². The smallest absolute Gasteiger partial charge is 0.118 e. The van der Waals surface area contributed by atoms with Crippen LogP contribution in [-0.4, -0.2) is 12.1 Å². The number of benzene rings is 1. The third-order valence-electron chi connectivity index (χ3n) is 4.18. The van der Waals surface area contributed by atoms with Gasteiger partial charge in [0.1, 0.15) is 5.75 Å². The van der Waals surface area contributed by atoms with Crippen LogP contribution in [0.15, 0.2) is 48.8 Å². The van der Waals surface area contributed by atoms with Crippen molar-refractivity contribution in [3.05, 3.63) is 59.9 Å². The van der Waals surface area contributed by atoms with Gasteiger partial charge in [0.05, 0.1) is 7.11 Å². The Morgan fingerprint density at radius 2 is 1.90 bits per heavy atom. The van der Waals surface area contributed by atoms with E-state index in [0.29, 0.717) is 12.1 Å². The Hall–Kier alpha value is -1.87. The summed E-state index contributed by atoms with van der Waals surface area (Å²) in [5.74, 6) is 1.66. The molecule has 0 aliphatic heterocycles. The van der Waals surface area contributed by atoms with Gasteiger partial charge >= 0.3 is 0 Å². The second-order valence-corrected chi connectivity index (χ2v) is 5.76. The van der Waals surface area contributed by atoms with Gasteiger partial charge in [0, 0.05) is 24.5 Å². The molecule has 0 spiro atoms. The van der Waals surface area contributed by atoms with Crippen molar-refractivity contribution in [3.63, 3.8) is 0 Å². The van der Waals surface area contributed by atoms with E-state index in [1.165, 1.54) is 24.0 Å². The summed E-state index contributed by atoms with van der Waals surface area (Å²) in [6.45, 7) is 2.20. The van der Waals surface area contributed by atoms with Crippen LogP contribution in [0.1, 0.15) is 43.0 Å². The normalized spacial score (nSPS) is 17.2. The third-order valence-corrected chi connectivity index (χ3v) is 4.18. The molecule has 3 rings (SSSR count). The Balaban J connectivity index is 1.75. The van der Waals surface area contributed by atoms with Gasteiger partial charge in [-0.2, -0.15) is 0 Å². The van der Waals surface area contributed by atoms with E-state index in [9.17, 15) is 0 Å². The number of methoxy groups -OCH3 is 1. The van der Waals surface area contributed by atoms with Crippen LogP contribution in [-0.2, 0) is 0 Å². The Morgan fingerprint density at radius 3 is 2.48 bits per heavy atom. The summed E-state index contributed by atoms with van der Waals surface area (Å²) in [6.07, 6.45) is 6.38. The number of ether oxygens (including phenoxy) is 1. The fourth-order valence-electron chi connectivity index (χ4n) is 2.74. The molecule has 1 aliphatic carbocycles. The van der Waals surface area contributed by atoms with Crippen molar-refractivity contribution < 1.29 is 4.74 Å². The van der Waals surface area contributed by atoms with Crippen molar-refractivity contribution in [3.8, 4) is 5.75 Å². The summed E-state index contributed by atoms with van der Waals surface area (Å²) in [6, 6.07) is 13.3. The van der Waals surface area contributed by atoms with Gasteiger partial charge in [-0.1, -0.05) is 18.2 Å². The van der Waals surface area contributed by atoms with E-state index in [1.54, 1.807) is 7.11 Å². The Kier molecular flexibility index (Phi) is 4.20. The molecular formula is C18H22N2O. The SMILES string of the molecule is COc1ccc(C(NC(C)c2cccnc2)C2CC2)cc1. The molecule has 1 fully saturated rings. The van der Waals surface area contributed by atoms with Crippen LogP contribution in [0.5, 0.6) is 5.75 Å². The summed E-state index contributed by atoms with van der Waals surface area (Å²) in [7, 11) is 1.70. The second-order valence-electron chi connectivity index (χ2n) is 5.76. The molecule has 1 heterocycles. The number of nitrogens with zero attached hydrogens (tertiary/aromatic N) is 1. The molecule has 0 amide bonds. The minimum Gasteiger partial charge on any atom is -0.497 e. The largest absolute Gasteiger partial charge is 0.497 e. The first-order chi connectivity index (χ1) is 10.3. The lowest BCUT2D eigenvalue weighted by Crippen LogP contribution is -2.26. The summed E-state index contributed by atoms with van der Waals surface area (Å²) < 4.78 is 5.25. The molecule has 1 N–H and O–H groups in total. The minimum absolute atomic E-state index is 0.298. The molecule has 1 aliphatic rings. The van der Waals surface area contributed by atoms with Crippen LogP contribution < -0.4 is 10.1 Å². The second kappa shape index (κ2) is 6.27. The van der Waals surface area contributed by atoms with Crippen LogP contribution in [0, 0.1) is 5.92 Å². The van der Waals surface area contributed by atoms with Crippen LogP contribution >= 0.6 is 0 Å². The highest BCUT2D eigenvalue weighted by molar-refractivity contribution is 5.30. The maximum Gasteiger partial charge on any atom is 0.118 e. The molecule has 110 valence electrons. The number of aromatic nitrogens is 1. The van der Waals surface area contributed by atoms with Crippen molar-refractivity contribution in [2.75, 3.05) is 7.11 Å². The molecule has 1 saturated carbocycles. The number of rotatable bonds is 6. The molecule has 3 nitrogen and oxygen atoms in total. The number of pyridine rings is 1. The highest BCUT2D eigenvalue weighted by Gasteiger charge is 2.33. The van der Waals surface area contributed by atoms with Gasteiger partial charge in [0.2, 0.25) is 0 Å². The van der Waals surface area contributed by atoms with Crippen molar-refractivity contribution in [2.24, 2.45) is 5.92 Å². The van der Waals surface area contributed by atoms with Crippen LogP contribution in [0.4, 0.5) is 0 Å². The average molecular weight is 282 g/mol. The molecule has 2 atom stereocenters. The number of nitrogens with one attached hydrogen (secondary N) is 1. The van der Waals surface area contributed by atoms with Gasteiger partial charge in [-0.25, -0.2) is 0 Å². The minimum atomic E-state index is 0.298. The Labute approximate surface area is 126 Å². The van der Waals surface area contributed by atoms with Crippen LogP contribution in [0.3, 0.4) is 0 Å². The fourth-order valence-corrected chi connectivity index (χ4v) is 2.74. The lowest BCUT2D eigenvalue weighted by molar-refractivity contribution is 0.411. The van der Waals surface area contributed by atoms with E-state index in [2.05, 4.69) is 35.4 Å². The highest BCUT2D eigenvalue weighted by Crippen LogP contribution is 2.42. The van der Waals surface area contributed by atoms with E-state index >= 15 is 0 Å². The maximum absolute atomic E-state index is 5.25. The predicted octanol–water partition coefficient (Wildman–Crippen LogP) is 3.89. The summed E-state index contributed by atoms with van der Waals surface area (Å²) in [4.78, 5) is 4.21. The summed E-state index contributed by atoms with van der Waals surface area (Å²) in [5.41, 5.74) is 2.57. The van der Waals surface area contributed by atoms with E-state index < -0.39 is 0 Å². The third kappa shape index (κ3) is 3.42. The quantitative estimate of drug-likeness (QED) is 0.872. The zero-order chi connectivity index (χ0) is 14.7. The zero-order valence-corrected chi connectivity index (χ0v) is 12.6. The van der Waals surface area contributed by atoms with E-state index in [0.717, 1.165) is 11.7 Å². The molecule has 1 aromatic carbocycles.